The average Bonchev–Trinajstić information content (AvgIpc) is 3.01. The first-order chi connectivity index (χ1) is 14.0. The molecule has 0 bridgehead atoms. The molecule has 3 nitrogen and oxygen atoms in total. The fraction of sp³-hybridized carbons (Fsp3) is 0.231. The van der Waals surface area contributed by atoms with E-state index >= 15 is 0 Å². The van der Waals surface area contributed by atoms with Gasteiger partial charge in [0.15, 0.2) is 0 Å². The van der Waals surface area contributed by atoms with Crippen LogP contribution in [0.4, 0.5) is 0 Å². The van der Waals surface area contributed by atoms with Crippen molar-refractivity contribution in [2.24, 2.45) is 0 Å². The van der Waals surface area contributed by atoms with Crippen LogP contribution in [0.5, 0.6) is 0 Å². The average molecular weight is 382 g/mol. The Balaban J connectivity index is 1.59. The van der Waals surface area contributed by atoms with E-state index in [1.165, 1.54) is 39.1 Å². The van der Waals surface area contributed by atoms with Crippen molar-refractivity contribution in [1.29, 1.82) is 0 Å². The smallest absolute Gasteiger partial charge is 0.0954 e. The van der Waals surface area contributed by atoms with Crippen LogP contribution in [0.2, 0.25) is 0 Å². The fourth-order valence-electron chi connectivity index (χ4n) is 3.90. The van der Waals surface area contributed by atoms with Gasteiger partial charge in [-0.15, -0.1) is 0 Å². The van der Waals surface area contributed by atoms with Crippen LogP contribution in [0.3, 0.4) is 0 Å². The predicted molar refractivity (Wildman–Crippen MR) is 119 cm³/mol. The highest BCUT2D eigenvalue weighted by molar-refractivity contribution is 5.63. The number of benzene rings is 2. The zero-order valence-electron chi connectivity index (χ0n) is 17.6. The molecule has 0 saturated carbocycles. The third kappa shape index (κ3) is 4.29. The number of aromatic nitrogens is 3. The minimum Gasteiger partial charge on any atom is -0.330 e. The van der Waals surface area contributed by atoms with E-state index < -0.39 is 0 Å². The van der Waals surface area contributed by atoms with Gasteiger partial charge >= 0.3 is 0 Å². The van der Waals surface area contributed by atoms with Gasteiger partial charge in [-0.1, -0.05) is 59.7 Å². The Morgan fingerprint density at radius 3 is 2.28 bits per heavy atom. The van der Waals surface area contributed by atoms with Gasteiger partial charge in [-0.2, -0.15) is 0 Å². The second-order valence-corrected chi connectivity index (χ2v) is 7.95. The van der Waals surface area contributed by atoms with E-state index in [0.29, 0.717) is 0 Å². The van der Waals surface area contributed by atoms with E-state index in [4.69, 9.17) is 4.98 Å². The molecule has 0 radical (unpaired) electrons. The molecule has 0 unspecified atom stereocenters. The van der Waals surface area contributed by atoms with Gasteiger partial charge in [-0.05, 0) is 50.5 Å². The molecule has 2 aromatic carbocycles. The van der Waals surface area contributed by atoms with Crippen LogP contribution in [0.1, 0.15) is 39.2 Å². The highest BCUT2D eigenvalue weighted by Crippen LogP contribution is 2.23. The summed E-state index contributed by atoms with van der Waals surface area (Å²) >= 11 is 0. The van der Waals surface area contributed by atoms with Crippen LogP contribution in [-0.4, -0.2) is 14.5 Å². The van der Waals surface area contributed by atoms with E-state index in [1.54, 1.807) is 0 Å². The van der Waals surface area contributed by atoms with Gasteiger partial charge in [0.1, 0.15) is 0 Å². The molecule has 146 valence electrons. The largest absolute Gasteiger partial charge is 0.330 e. The van der Waals surface area contributed by atoms with Gasteiger partial charge in [0.25, 0.3) is 0 Å². The van der Waals surface area contributed by atoms with E-state index in [2.05, 4.69) is 91.8 Å². The maximum atomic E-state index is 4.78. The molecule has 0 atom stereocenters. The Morgan fingerprint density at radius 1 is 0.793 bits per heavy atom. The number of imidazole rings is 1. The molecule has 0 aliphatic rings. The van der Waals surface area contributed by atoms with Gasteiger partial charge in [-0.3, -0.25) is 4.98 Å². The molecule has 0 aliphatic heterocycles. The molecular weight excluding hydrogens is 354 g/mol. The van der Waals surface area contributed by atoms with E-state index in [-0.39, 0.29) is 0 Å². The first-order valence-electron chi connectivity index (χ1n) is 10.1. The molecule has 4 aromatic rings. The number of hydrogen-bond donors (Lipinski definition) is 0. The van der Waals surface area contributed by atoms with Crippen LogP contribution in [0.25, 0.3) is 11.3 Å². The molecular formula is C26H27N3. The minimum atomic E-state index is 0.782. The third-order valence-electron chi connectivity index (χ3n) is 5.39. The first-order valence-corrected chi connectivity index (χ1v) is 10.1. The molecule has 0 fully saturated rings. The standard InChI is InChI=1S/C26H27N3/c1-18-7-5-9-22(11-18)14-25-21(4)28-17-29(25)16-23-13-20(3)26(27-15-23)24-10-6-8-19(2)12-24/h5-13,15,17H,14,16H2,1-4H3. The van der Waals surface area contributed by atoms with Crippen LogP contribution in [0.15, 0.2) is 67.1 Å². The summed E-state index contributed by atoms with van der Waals surface area (Å²) in [4.78, 5) is 9.36. The van der Waals surface area contributed by atoms with Crippen molar-refractivity contribution in [3.8, 4) is 11.3 Å². The summed E-state index contributed by atoms with van der Waals surface area (Å²) in [5.41, 5.74) is 10.8. The normalized spacial score (nSPS) is 11.0. The molecule has 0 N–H and O–H groups in total. The van der Waals surface area contributed by atoms with Crippen LogP contribution in [0, 0.1) is 27.7 Å². The summed E-state index contributed by atoms with van der Waals surface area (Å²) in [6, 6.07) is 19.5. The number of aryl methyl sites for hydroxylation is 4. The SMILES string of the molecule is Cc1cccc(Cc2c(C)ncn2Cc2cnc(-c3cccc(C)c3)c(C)c2)c1. The maximum absolute atomic E-state index is 4.78. The summed E-state index contributed by atoms with van der Waals surface area (Å²) in [6.45, 7) is 9.26. The van der Waals surface area contributed by atoms with Gasteiger partial charge in [0, 0.05) is 23.9 Å². The van der Waals surface area contributed by atoms with Crippen molar-refractivity contribution < 1.29 is 0 Å². The van der Waals surface area contributed by atoms with Gasteiger partial charge in [0.2, 0.25) is 0 Å². The van der Waals surface area contributed by atoms with Crippen LogP contribution in [-0.2, 0) is 13.0 Å². The molecule has 0 amide bonds. The van der Waals surface area contributed by atoms with Gasteiger partial charge < -0.3 is 4.57 Å². The lowest BCUT2D eigenvalue weighted by Gasteiger charge is -2.12. The zero-order chi connectivity index (χ0) is 20.4. The van der Waals surface area contributed by atoms with Crippen molar-refractivity contribution in [3.05, 3.63) is 106 Å². The quantitative estimate of drug-likeness (QED) is 0.436. The van der Waals surface area contributed by atoms with Gasteiger partial charge in [0.05, 0.1) is 24.3 Å². The van der Waals surface area contributed by atoms with Crippen LogP contribution >= 0.6 is 0 Å². The second-order valence-electron chi connectivity index (χ2n) is 7.95. The lowest BCUT2D eigenvalue weighted by Crippen LogP contribution is -2.06. The molecule has 3 heteroatoms. The van der Waals surface area contributed by atoms with E-state index in [9.17, 15) is 0 Å². The van der Waals surface area contributed by atoms with Crippen LogP contribution < -0.4 is 0 Å². The van der Waals surface area contributed by atoms with Crippen molar-refractivity contribution in [2.45, 2.75) is 40.7 Å². The summed E-state index contributed by atoms with van der Waals surface area (Å²) < 4.78 is 2.25. The molecule has 0 spiro atoms. The van der Waals surface area contributed by atoms with Crippen molar-refractivity contribution >= 4 is 0 Å². The van der Waals surface area contributed by atoms with Crippen molar-refractivity contribution in [3.63, 3.8) is 0 Å². The lowest BCUT2D eigenvalue weighted by atomic mass is 10.0. The topological polar surface area (TPSA) is 30.7 Å². The maximum Gasteiger partial charge on any atom is 0.0954 e. The molecule has 4 rings (SSSR count). The highest BCUT2D eigenvalue weighted by Gasteiger charge is 2.11. The molecule has 0 aliphatic carbocycles. The first kappa shape index (κ1) is 19.1. The minimum absolute atomic E-state index is 0.782. The predicted octanol–water partition coefficient (Wildman–Crippen LogP) is 5.82. The Morgan fingerprint density at radius 2 is 1.55 bits per heavy atom. The number of nitrogens with zero attached hydrogens (tertiary/aromatic N) is 3. The monoisotopic (exact) mass is 381 g/mol. The van der Waals surface area contributed by atoms with E-state index in [0.717, 1.165) is 24.4 Å². The summed E-state index contributed by atoms with van der Waals surface area (Å²) in [5, 5.41) is 0. The Hall–Kier alpha value is -3.20. The Kier molecular flexibility index (Phi) is 5.30. The fourth-order valence-corrected chi connectivity index (χ4v) is 3.90. The van der Waals surface area contributed by atoms with Gasteiger partial charge in [-0.25, -0.2) is 4.98 Å². The Bertz CT molecular complexity index is 1150. The zero-order valence-corrected chi connectivity index (χ0v) is 17.6. The number of pyridine rings is 1. The molecule has 2 aromatic heterocycles. The summed E-state index contributed by atoms with van der Waals surface area (Å²) in [7, 11) is 0. The summed E-state index contributed by atoms with van der Waals surface area (Å²) in [6.07, 6.45) is 4.84. The number of rotatable bonds is 5. The second kappa shape index (κ2) is 8.04. The summed E-state index contributed by atoms with van der Waals surface area (Å²) in [5.74, 6) is 0. The Labute approximate surface area is 173 Å². The van der Waals surface area contributed by atoms with E-state index in [1.807, 2.05) is 12.5 Å². The molecule has 29 heavy (non-hydrogen) atoms. The highest BCUT2D eigenvalue weighted by atomic mass is 15.1. The van der Waals surface area contributed by atoms with Crippen molar-refractivity contribution in [1.82, 2.24) is 14.5 Å². The lowest BCUT2D eigenvalue weighted by molar-refractivity contribution is 0.748. The molecule has 2 heterocycles. The third-order valence-corrected chi connectivity index (χ3v) is 5.39. The van der Waals surface area contributed by atoms with Crippen molar-refractivity contribution in [2.75, 3.05) is 0 Å². The number of hydrogen-bond acceptors (Lipinski definition) is 2. The molecule has 0 saturated heterocycles.